The van der Waals surface area contributed by atoms with E-state index in [1.807, 2.05) is 0 Å². The van der Waals surface area contributed by atoms with Crippen molar-refractivity contribution >= 4 is 6.21 Å². The molecule has 3 heterocycles. The smallest absolute Gasteiger partial charge is 0.229 e. The van der Waals surface area contributed by atoms with Crippen LogP contribution in [0.5, 0.6) is 11.5 Å². The Kier molecular flexibility index (Phi) is 5.51. The lowest BCUT2D eigenvalue weighted by Crippen LogP contribution is -2.58. The number of hydrogen-bond acceptors (Lipinski definition) is 10. The lowest BCUT2D eigenvalue weighted by atomic mass is 10.00. The minimum absolute atomic E-state index is 0.0573. The van der Waals surface area contributed by atoms with Crippen LogP contribution in [0.2, 0.25) is 0 Å². The maximum absolute atomic E-state index is 10.6. The highest BCUT2D eigenvalue weighted by Crippen LogP contribution is 2.37. The monoisotopic (exact) mass is 377 g/mol. The van der Waals surface area contributed by atoms with Gasteiger partial charge in [0.05, 0.1) is 23.7 Å². The average Bonchev–Trinajstić information content (AvgIpc) is 2.67. The Labute approximate surface area is 154 Å². The van der Waals surface area contributed by atoms with Crippen LogP contribution in [0.4, 0.5) is 0 Å². The third-order valence-corrected chi connectivity index (χ3v) is 4.13. The molecule has 0 amide bonds. The van der Waals surface area contributed by atoms with E-state index in [2.05, 4.69) is 15.1 Å². The van der Waals surface area contributed by atoms with Crippen LogP contribution in [0.3, 0.4) is 0 Å². The molecule has 10 nitrogen and oxygen atoms in total. The van der Waals surface area contributed by atoms with Gasteiger partial charge in [0, 0.05) is 12.3 Å². The molecule has 0 aromatic carbocycles. The van der Waals surface area contributed by atoms with Crippen molar-refractivity contribution in [2.24, 2.45) is 5.16 Å². The third kappa shape index (κ3) is 3.83. The van der Waals surface area contributed by atoms with Crippen LogP contribution >= 0.6 is 0 Å². The number of ether oxygens (including phenoxy) is 2. The highest BCUT2D eigenvalue weighted by molar-refractivity contribution is 5.80. The van der Waals surface area contributed by atoms with Gasteiger partial charge in [-0.3, -0.25) is 4.98 Å². The van der Waals surface area contributed by atoms with Crippen LogP contribution < -0.4 is 4.74 Å². The van der Waals surface area contributed by atoms with Crippen molar-refractivity contribution < 1.29 is 35.1 Å². The van der Waals surface area contributed by atoms with Crippen LogP contribution in [0.15, 0.2) is 35.6 Å². The molecule has 0 bridgehead atoms. The fraction of sp³-hybridized carbons (Fsp3) is 0.353. The quantitative estimate of drug-likeness (QED) is 0.278. The largest absolute Gasteiger partial charge is 0.503 e. The van der Waals surface area contributed by atoms with Crippen LogP contribution in [0.25, 0.3) is 11.4 Å². The summed E-state index contributed by atoms with van der Waals surface area (Å²) < 4.78 is 10.9. The van der Waals surface area contributed by atoms with Crippen molar-refractivity contribution in [3.63, 3.8) is 0 Å². The summed E-state index contributed by atoms with van der Waals surface area (Å²) in [4.78, 5) is 8.26. The van der Waals surface area contributed by atoms with Crippen LogP contribution in [-0.2, 0) is 4.74 Å². The Morgan fingerprint density at radius 2 is 1.96 bits per heavy atom. The van der Waals surface area contributed by atoms with Gasteiger partial charge in [0.15, 0.2) is 11.5 Å². The summed E-state index contributed by atoms with van der Waals surface area (Å²) in [5, 5.41) is 52.0. The maximum Gasteiger partial charge on any atom is 0.229 e. The maximum atomic E-state index is 10.6. The molecule has 5 N–H and O–H groups in total. The van der Waals surface area contributed by atoms with Gasteiger partial charge in [-0.25, -0.2) is 4.98 Å². The fourth-order valence-electron chi connectivity index (χ4n) is 2.67. The number of hydrogen-bond donors (Lipinski definition) is 5. The predicted molar refractivity (Wildman–Crippen MR) is 91.5 cm³/mol. The van der Waals surface area contributed by atoms with Crippen molar-refractivity contribution in [1.82, 2.24) is 9.97 Å². The third-order valence-electron chi connectivity index (χ3n) is 4.13. The summed E-state index contributed by atoms with van der Waals surface area (Å²) in [7, 11) is 0. The minimum Gasteiger partial charge on any atom is -0.503 e. The minimum atomic E-state index is -1.56. The molecule has 0 unspecified atom stereocenters. The SMILES string of the molecule is C[C@H]1O[C@H](Oc2cc(/C=N\O)nc(-c3ccccn3)c2O)[C@H](O)[C@@H](O)[C@@H]1O. The highest BCUT2D eigenvalue weighted by Gasteiger charge is 2.43. The van der Waals surface area contributed by atoms with E-state index in [0.29, 0.717) is 5.69 Å². The van der Waals surface area contributed by atoms with Crippen molar-refractivity contribution in [3.8, 4) is 22.9 Å². The van der Waals surface area contributed by atoms with Crippen LogP contribution in [0, 0.1) is 0 Å². The van der Waals surface area contributed by atoms with E-state index in [-0.39, 0.29) is 22.9 Å². The zero-order chi connectivity index (χ0) is 19.6. The first kappa shape index (κ1) is 19.0. The summed E-state index contributed by atoms with van der Waals surface area (Å²) in [6, 6.07) is 6.26. The number of pyridine rings is 2. The topological polar surface area (TPSA) is 158 Å². The molecular formula is C17H19N3O7. The lowest BCUT2D eigenvalue weighted by molar-refractivity contribution is -0.268. The molecule has 144 valence electrons. The molecule has 3 rings (SSSR count). The van der Waals surface area contributed by atoms with Crippen LogP contribution in [-0.4, -0.2) is 72.5 Å². The number of oxime groups is 1. The molecule has 1 saturated heterocycles. The molecule has 0 radical (unpaired) electrons. The standard InChI is InChI=1S/C17H19N3O7/c1-8-13(21)15(23)16(24)17(26-8)27-11-6-9(7-19-25)20-12(14(11)22)10-4-2-3-5-18-10/h2-8,13,15-17,21-25H,1H3/b19-7-/t8-,13-,15+,16-,17-/m1/s1. The Morgan fingerprint density at radius 3 is 2.63 bits per heavy atom. The molecule has 2 aromatic heterocycles. The Bertz CT molecular complexity index is 818. The lowest BCUT2D eigenvalue weighted by Gasteiger charge is -2.38. The van der Waals surface area contributed by atoms with Gasteiger partial charge in [0.1, 0.15) is 24.0 Å². The Morgan fingerprint density at radius 1 is 1.19 bits per heavy atom. The van der Waals surface area contributed by atoms with Gasteiger partial charge in [-0.1, -0.05) is 11.2 Å². The normalized spacial score (nSPS) is 28.4. The molecule has 0 spiro atoms. The first-order chi connectivity index (χ1) is 12.9. The van der Waals surface area contributed by atoms with E-state index in [1.54, 1.807) is 18.2 Å². The van der Waals surface area contributed by atoms with E-state index in [9.17, 15) is 20.4 Å². The van der Waals surface area contributed by atoms with E-state index >= 15 is 0 Å². The first-order valence-electron chi connectivity index (χ1n) is 8.11. The van der Waals surface area contributed by atoms with Crippen molar-refractivity contribution in [2.45, 2.75) is 37.6 Å². The molecule has 2 aromatic rings. The second-order valence-electron chi connectivity index (χ2n) is 6.00. The van der Waals surface area contributed by atoms with Gasteiger partial charge in [-0.2, -0.15) is 0 Å². The number of nitrogens with zero attached hydrogens (tertiary/aromatic N) is 3. The molecule has 1 aliphatic rings. The van der Waals surface area contributed by atoms with Crippen LogP contribution in [0.1, 0.15) is 12.6 Å². The van der Waals surface area contributed by atoms with Gasteiger partial charge in [-0.05, 0) is 19.1 Å². The predicted octanol–water partition coefficient (Wildman–Crippen LogP) is -0.136. The number of aromatic hydroxyl groups is 1. The van der Waals surface area contributed by atoms with Crippen molar-refractivity contribution in [3.05, 3.63) is 36.2 Å². The number of aliphatic hydroxyl groups is 3. The zero-order valence-electron chi connectivity index (χ0n) is 14.2. The average molecular weight is 377 g/mol. The summed E-state index contributed by atoms with van der Waals surface area (Å²) in [5.74, 6) is -0.520. The molecule has 0 aliphatic carbocycles. The summed E-state index contributed by atoms with van der Waals surface area (Å²) in [6.45, 7) is 1.51. The first-order valence-corrected chi connectivity index (χ1v) is 8.11. The van der Waals surface area contributed by atoms with Crippen molar-refractivity contribution in [1.29, 1.82) is 0 Å². The fourth-order valence-corrected chi connectivity index (χ4v) is 2.67. The van der Waals surface area contributed by atoms with Gasteiger partial charge in [0.2, 0.25) is 6.29 Å². The molecule has 27 heavy (non-hydrogen) atoms. The molecule has 10 heteroatoms. The summed E-state index contributed by atoms with van der Waals surface area (Å²) in [6.07, 6.45) is -3.97. The molecule has 1 fully saturated rings. The Hall–Kier alpha value is -2.79. The summed E-state index contributed by atoms with van der Waals surface area (Å²) >= 11 is 0. The highest BCUT2D eigenvalue weighted by atomic mass is 16.7. The number of aromatic nitrogens is 2. The zero-order valence-corrected chi connectivity index (χ0v) is 14.2. The second kappa shape index (κ2) is 7.84. The van der Waals surface area contributed by atoms with Gasteiger partial charge < -0.3 is 35.1 Å². The molecule has 0 saturated carbocycles. The van der Waals surface area contributed by atoms with E-state index in [4.69, 9.17) is 14.7 Å². The molecular weight excluding hydrogens is 358 g/mol. The molecule has 1 aliphatic heterocycles. The molecule has 5 atom stereocenters. The van der Waals surface area contributed by atoms with E-state index in [1.165, 1.54) is 19.2 Å². The van der Waals surface area contributed by atoms with E-state index < -0.39 is 30.7 Å². The summed E-state index contributed by atoms with van der Waals surface area (Å²) in [5.41, 5.74) is 0.536. The van der Waals surface area contributed by atoms with E-state index in [0.717, 1.165) is 6.21 Å². The van der Waals surface area contributed by atoms with Gasteiger partial charge in [0.25, 0.3) is 0 Å². The van der Waals surface area contributed by atoms with Crippen molar-refractivity contribution in [2.75, 3.05) is 0 Å². The van der Waals surface area contributed by atoms with Gasteiger partial charge >= 0.3 is 0 Å². The Balaban J connectivity index is 1.98. The second-order valence-corrected chi connectivity index (χ2v) is 6.00. The number of aliphatic hydroxyl groups excluding tert-OH is 3. The van der Waals surface area contributed by atoms with Gasteiger partial charge in [-0.15, -0.1) is 0 Å². The number of rotatable bonds is 4.